The zero-order valence-corrected chi connectivity index (χ0v) is 20.1. The highest BCUT2D eigenvalue weighted by molar-refractivity contribution is 5.76. The molecule has 0 radical (unpaired) electrons. The normalized spacial score (nSPS) is 25.1. The van der Waals surface area contributed by atoms with E-state index in [9.17, 15) is 15.2 Å². The summed E-state index contributed by atoms with van der Waals surface area (Å²) in [5.41, 5.74) is 3.23. The minimum absolute atomic E-state index is 0.240. The number of hydrogen-bond donors (Lipinski definition) is 1. The van der Waals surface area contributed by atoms with Crippen molar-refractivity contribution in [1.82, 2.24) is 4.90 Å². The van der Waals surface area contributed by atoms with Crippen molar-refractivity contribution < 1.29 is 9.90 Å². The molecule has 2 atom stereocenters. The molecule has 2 saturated carbocycles. The van der Waals surface area contributed by atoms with Gasteiger partial charge in [0, 0.05) is 6.54 Å². The molecule has 3 aliphatic rings. The highest BCUT2D eigenvalue weighted by Gasteiger charge is 2.47. The molecule has 4 heteroatoms. The summed E-state index contributed by atoms with van der Waals surface area (Å²) in [4.78, 5) is 14.3. The van der Waals surface area contributed by atoms with Crippen LogP contribution in [0.3, 0.4) is 0 Å². The lowest BCUT2D eigenvalue weighted by molar-refractivity contribution is -0.156. The Hall–Kier alpha value is -2.64. The van der Waals surface area contributed by atoms with Crippen molar-refractivity contribution in [2.24, 2.45) is 16.7 Å². The van der Waals surface area contributed by atoms with Crippen LogP contribution in [0.2, 0.25) is 0 Å². The van der Waals surface area contributed by atoms with Gasteiger partial charge in [-0.2, -0.15) is 5.26 Å². The van der Waals surface area contributed by atoms with Crippen molar-refractivity contribution in [3.8, 4) is 6.07 Å². The average Bonchev–Trinajstić information content (AvgIpc) is 3.62. The molecule has 0 bridgehead atoms. The van der Waals surface area contributed by atoms with Crippen LogP contribution in [0.4, 0.5) is 0 Å². The summed E-state index contributed by atoms with van der Waals surface area (Å²) in [6.45, 7) is 2.68. The van der Waals surface area contributed by atoms with Crippen molar-refractivity contribution in [2.45, 2.75) is 63.7 Å². The average molecular weight is 457 g/mol. The molecule has 2 aromatic rings. The third-order valence-electron chi connectivity index (χ3n) is 9.04. The molecule has 4 nitrogen and oxygen atoms in total. The first kappa shape index (κ1) is 23.1. The molecule has 5 rings (SSSR count). The SMILES string of the molecule is N#Cc1cccc(CC2(CC[C@@H]3CC3c3ccccc3)CCN(CC3(C(=O)O)CCC3)CC2)c1. The van der Waals surface area contributed by atoms with Crippen molar-refractivity contribution in [1.29, 1.82) is 5.26 Å². The lowest BCUT2D eigenvalue weighted by Gasteiger charge is -2.47. The zero-order chi connectivity index (χ0) is 23.6. The molecule has 3 fully saturated rings. The number of carbonyl (C=O) groups is 1. The highest BCUT2D eigenvalue weighted by Crippen LogP contribution is 2.53. The van der Waals surface area contributed by atoms with E-state index in [1.54, 1.807) is 0 Å². The molecule has 2 aliphatic carbocycles. The number of hydrogen-bond acceptors (Lipinski definition) is 3. The molecule has 1 N–H and O–H groups in total. The third kappa shape index (κ3) is 4.91. The molecule has 178 valence electrons. The number of nitriles is 1. The molecule has 2 aromatic carbocycles. The highest BCUT2D eigenvalue weighted by atomic mass is 16.4. The second kappa shape index (κ2) is 9.55. The summed E-state index contributed by atoms with van der Waals surface area (Å²) < 4.78 is 0. The number of likely N-dealkylation sites (tertiary alicyclic amines) is 1. The van der Waals surface area contributed by atoms with Gasteiger partial charge in [-0.15, -0.1) is 0 Å². The minimum atomic E-state index is -0.607. The lowest BCUT2D eigenvalue weighted by Crippen LogP contribution is -2.51. The van der Waals surface area contributed by atoms with Gasteiger partial charge < -0.3 is 10.0 Å². The van der Waals surface area contributed by atoms with Crippen molar-refractivity contribution >= 4 is 5.97 Å². The van der Waals surface area contributed by atoms with Gasteiger partial charge in [0.05, 0.1) is 17.0 Å². The number of aliphatic carboxylic acids is 1. The van der Waals surface area contributed by atoms with Crippen LogP contribution in [0, 0.1) is 28.1 Å². The van der Waals surface area contributed by atoms with Gasteiger partial charge in [0.25, 0.3) is 0 Å². The third-order valence-corrected chi connectivity index (χ3v) is 9.04. The Bertz CT molecular complexity index is 1040. The number of benzene rings is 2. The topological polar surface area (TPSA) is 64.3 Å². The molecular formula is C30H36N2O2. The molecule has 1 saturated heterocycles. The van der Waals surface area contributed by atoms with Gasteiger partial charge in [-0.25, -0.2) is 0 Å². The van der Waals surface area contributed by atoms with Crippen LogP contribution in [0.25, 0.3) is 0 Å². The maximum absolute atomic E-state index is 11.9. The lowest BCUT2D eigenvalue weighted by atomic mass is 9.67. The summed E-state index contributed by atoms with van der Waals surface area (Å²) in [5, 5.41) is 19.1. The van der Waals surface area contributed by atoms with Gasteiger partial charge in [-0.05, 0) is 105 Å². The van der Waals surface area contributed by atoms with Gasteiger partial charge in [0.1, 0.15) is 0 Å². The molecule has 0 spiro atoms. The fraction of sp³-hybridized carbons (Fsp3) is 0.533. The Morgan fingerprint density at radius 3 is 2.47 bits per heavy atom. The Balaban J connectivity index is 1.25. The second-order valence-corrected chi connectivity index (χ2v) is 11.3. The maximum Gasteiger partial charge on any atom is 0.310 e. The molecule has 1 unspecified atom stereocenters. The predicted molar refractivity (Wildman–Crippen MR) is 133 cm³/mol. The van der Waals surface area contributed by atoms with Gasteiger partial charge in [-0.3, -0.25) is 4.79 Å². The Morgan fingerprint density at radius 2 is 1.82 bits per heavy atom. The number of nitrogens with zero attached hydrogens (tertiary/aromatic N) is 2. The Morgan fingerprint density at radius 1 is 1.06 bits per heavy atom. The van der Waals surface area contributed by atoms with Crippen LogP contribution < -0.4 is 0 Å². The first-order valence-corrected chi connectivity index (χ1v) is 13.0. The van der Waals surface area contributed by atoms with E-state index in [4.69, 9.17) is 0 Å². The summed E-state index contributed by atoms with van der Waals surface area (Å²) in [7, 11) is 0. The van der Waals surface area contributed by atoms with Crippen molar-refractivity contribution in [3.63, 3.8) is 0 Å². The van der Waals surface area contributed by atoms with Gasteiger partial charge >= 0.3 is 5.97 Å². The Labute approximate surface area is 203 Å². The molecule has 1 aliphatic heterocycles. The van der Waals surface area contributed by atoms with Crippen molar-refractivity contribution in [2.75, 3.05) is 19.6 Å². The fourth-order valence-corrected chi connectivity index (χ4v) is 6.52. The minimum Gasteiger partial charge on any atom is -0.481 e. The molecule has 1 heterocycles. The van der Waals surface area contributed by atoms with Crippen LogP contribution in [0.5, 0.6) is 0 Å². The van der Waals surface area contributed by atoms with Gasteiger partial charge in [-0.1, -0.05) is 48.9 Å². The summed E-state index contributed by atoms with van der Waals surface area (Å²) in [6, 6.07) is 21.4. The van der Waals surface area contributed by atoms with E-state index in [1.165, 1.54) is 30.4 Å². The van der Waals surface area contributed by atoms with Crippen LogP contribution in [-0.2, 0) is 11.2 Å². The summed E-state index contributed by atoms with van der Waals surface area (Å²) >= 11 is 0. The largest absolute Gasteiger partial charge is 0.481 e. The van der Waals surface area contributed by atoms with Crippen LogP contribution in [-0.4, -0.2) is 35.6 Å². The van der Waals surface area contributed by atoms with Gasteiger partial charge in [0.2, 0.25) is 0 Å². The number of carboxylic acid groups (broad SMARTS) is 1. The van der Waals surface area contributed by atoms with Crippen molar-refractivity contribution in [3.05, 3.63) is 71.3 Å². The first-order valence-electron chi connectivity index (χ1n) is 13.0. The number of rotatable bonds is 9. The van der Waals surface area contributed by atoms with E-state index in [0.29, 0.717) is 12.5 Å². The fourth-order valence-electron chi connectivity index (χ4n) is 6.52. The molecular weight excluding hydrogens is 420 g/mol. The molecule has 34 heavy (non-hydrogen) atoms. The monoisotopic (exact) mass is 456 g/mol. The molecule has 0 amide bonds. The van der Waals surface area contributed by atoms with Crippen LogP contribution >= 0.6 is 0 Å². The van der Waals surface area contributed by atoms with E-state index >= 15 is 0 Å². The van der Waals surface area contributed by atoms with E-state index < -0.39 is 11.4 Å². The molecule has 0 aromatic heterocycles. The first-order chi connectivity index (χ1) is 16.5. The van der Waals surface area contributed by atoms with E-state index in [-0.39, 0.29) is 5.41 Å². The van der Waals surface area contributed by atoms with Crippen LogP contribution in [0.1, 0.15) is 74.0 Å². The smallest absolute Gasteiger partial charge is 0.310 e. The predicted octanol–water partition coefficient (Wildman–Crippen LogP) is 6.02. The summed E-state index contributed by atoms with van der Waals surface area (Å²) in [5.74, 6) is 0.895. The maximum atomic E-state index is 11.9. The van der Waals surface area contributed by atoms with E-state index in [0.717, 1.165) is 63.1 Å². The second-order valence-electron chi connectivity index (χ2n) is 11.3. The summed E-state index contributed by atoms with van der Waals surface area (Å²) in [6.07, 6.45) is 9.72. The van der Waals surface area contributed by atoms with E-state index in [2.05, 4.69) is 53.4 Å². The quantitative estimate of drug-likeness (QED) is 0.501. The van der Waals surface area contributed by atoms with E-state index in [1.807, 2.05) is 12.1 Å². The van der Waals surface area contributed by atoms with Gasteiger partial charge in [0.15, 0.2) is 0 Å². The zero-order valence-electron chi connectivity index (χ0n) is 20.1. The standard InChI is InChI=1S/C30H36N2O2/c31-21-24-7-4-6-23(18-24)20-29(13-10-26-19-27(26)25-8-2-1-3-9-25)14-16-32(17-15-29)22-30(28(33)34)11-5-12-30/h1-4,6-9,18,26-27H,5,10-17,19-20,22H2,(H,33,34)/t26-,27?/m1/s1. The Kier molecular flexibility index (Phi) is 6.49. The number of piperidine rings is 1. The number of carboxylic acids is 1. The van der Waals surface area contributed by atoms with Crippen LogP contribution in [0.15, 0.2) is 54.6 Å².